The second-order valence-corrected chi connectivity index (χ2v) is 3.44. The molecule has 0 saturated carbocycles. The summed E-state index contributed by atoms with van der Waals surface area (Å²) in [5.41, 5.74) is 0.288. The van der Waals surface area contributed by atoms with Crippen LogP contribution >= 0.6 is 0 Å². The predicted octanol–water partition coefficient (Wildman–Crippen LogP) is 0.999. The Morgan fingerprint density at radius 2 is 2.19 bits per heavy atom. The predicted molar refractivity (Wildman–Crippen MR) is 55.6 cm³/mol. The van der Waals surface area contributed by atoms with Crippen molar-refractivity contribution in [1.82, 2.24) is 5.32 Å². The number of fused-ring (bicyclic) bond motifs is 1. The highest BCUT2D eigenvalue weighted by atomic mass is 19.1. The van der Waals surface area contributed by atoms with Gasteiger partial charge in [-0.3, -0.25) is 4.79 Å². The van der Waals surface area contributed by atoms with Crippen LogP contribution in [0, 0.1) is 5.82 Å². The summed E-state index contributed by atoms with van der Waals surface area (Å²) in [4.78, 5) is 11.6. The van der Waals surface area contributed by atoms with Crippen molar-refractivity contribution in [2.75, 3.05) is 26.8 Å². The molecule has 0 atom stereocenters. The highest BCUT2D eigenvalue weighted by molar-refractivity contribution is 5.98. The van der Waals surface area contributed by atoms with Gasteiger partial charge >= 0.3 is 0 Å². The van der Waals surface area contributed by atoms with Crippen LogP contribution in [0.1, 0.15) is 10.4 Å². The summed E-state index contributed by atoms with van der Waals surface area (Å²) in [6, 6.07) is 2.68. The minimum absolute atomic E-state index is 0.0901. The van der Waals surface area contributed by atoms with Crippen LogP contribution in [-0.4, -0.2) is 32.6 Å². The molecule has 5 heteroatoms. The van der Waals surface area contributed by atoms with Crippen LogP contribution in [0.15, 0.2) is 12.1 Å². The summed E-state index contributed by atoms with van der Waals surface area (Å²) >= 11 is 0. The number of carbonyl (C=O) groups excluding carboxylic acids is 1. The van der Waals surface area contributed by atoms with Gasteiger partial charge in [0.2, 0.25) is 0 Å². The van der Waals surface area contributed by atoms with Crippen molar-refractivity contribution in [3.05, 3.63) is 23.5 Å². The standard InChI is InChI=1S/C11H12FNO3/c1-13-6-9(14)7-4-8(12)11-10(5-7)15-2-3-16-11/h4-5,13H,2-3,6H2,1H3. The normalized spacial score (nSPS) is 13.6. The number of carbonyl (C=O) groups is 1. The van der Waals surface area contributed by atoms with Gasteiger partial charge in [-0.1, -0.05) is 0 Å². The number of nitrogens with one attached hydrogen (secondary N) is 1. The Kier molecular flexibility index (Phi) is 3.05. The largest absolute Gasteiger partial charge is 0.486 e. The van der Waals surface area contributed by atoms with E-state index in [9.17, 15) is 9.18 Å². The second kappa shape index (κ2) is 4.49. The summed E-state index contributed by atoms with van der Waals surface area (Å²) in [5.74, 6) is -0.354. The van der Waals surface area contributed by atoms with Gasteiger partial charge < -0.3 is 14.8 Å². The van der Waals surface area contributed by atoms with Crippen molar-refractivity contribution in [3.63, 3.8) is 0 Å². The Bertz CT molecular complexity index is 420. The number of hydrogen-bond donors (Lipinski definition) is 1. The van der Waals surface area contributed by atoms with Crippen LogP contribution in [0.5, 0.6) is 11.5 Å². The minimum Gasteiger partial charge on any atom is -0.486 e. The number of benzene rings is 1. The Hall–Kier alpha value is -1.62. The van der Waals surface area contributed by atoms with E-state index in [1.807, 2.05) is 0 Å². The van der Waals surface area contributed by atoms with E-state index in [0.29, 0.717) is 19.0 Å². The van der Waals surface area contributed by atoms with Gasteiger partial charge in [0.05, 0.1) is 6.54 Å². The molecular weight excluding hydrogens is 213 g/mol. The molecule has 0 aromatic heterocycles. The lowest BCUT2D eigenvalue weighted by atomic mass is 10.1. The molecular formula is C11H12FNO3. The molecule has 4 nitrogen and oxygen atoms in total. The van der Waals surface area contributed by atoms with E-state index >= 15 is 0 Å². The van der Waals surface area contributed by atoms with E-state index < -0.39 is 5.82 Å². The van der Waals surface area contributed by atoms with Crippen molar-refractivity contribution < 1.29 is 18.7 Å². The van der Waals surface area contributed by atoms with Gasteiger partial charge in [0.1, 0.15) is 13.2 Å². The number of halogens is 1. The molecule has 1 aliphatic rings. The topological polar surface area (TPSA) is 47.6 Å². The number of likely N-dealkylation sites (N-methyl/N-ethyl adjacent to an activating group) is 1. The molecule has 0 unspecified atom stereocenters. The lowest BCUT2D eigenvalue weighted by molar-refractivity contribution is 0.0991. The summed E-state index contributed by atoms with van der Waals surface area (Å²) in [5, 5.41) is 2.72. The Morgan fingerprint density at radius 1 is 1.44 bits per heavy atom. The van der Waals surface area contributed by atoms with Crippen LogP contribution < -0.4 is 14.8 Å². The van der Waals surface area contributed by atoms with E-state index in [4.69, 9.17) is 9.47 Å². The number of Topliss-reactive ketones (excluding diaryl/α,β-unsaturated/α-hetero) is 1. The highest BCUT2D eigenvalue weighted by Gasteiger charge is 2.19. The molecule has 0 bridgehead atoms. The first-order chi connectivity index (χ1) is 7.72. The van der Waals surface area contributed by atoms with E-state index in [-0.39, 0.29) is 23.6 Å². The third kappa shape index (κ3) is 1.99. The Labute approximate surface area is 92.4 Å². The van der Waals surface area contributed by atoms with Gasteiger partial charge in [0, 0.05) is 5.56 Å². The van der Waals surface area contributed by atoms with Gasteiger partial charge in [-0.05, 0) is 19.2 Å². The minimum atomic E-state index is -0.559. The molecule has 0 saturated heterocycles. The first-order valence-corrected chi connectivity index (χ1v) is 4.99. The van der Waals surface area contributed by atoms with Crippen molar-refractivity contribution in [1.29, 1.82) is 0 Å². The SMILES string of the molecule is CNCC(=O)c1cc(F)c2c(c1)OCCO2. The molecule has 0 fully saturated rings. The van der Waals surface area contributed by atoms with Crippen LogP contribution in [0.4, 0.5) is 4.39 Å². The van der Waals surface area contributed by atoms with Crippen LogP contribution in [0.25, 0.3) is 0 Å². The van der Waals surface area contributed by atoms with Gasteiger partial charge in [-0.2, -0.15) is 0 Å². The van der Waals surface area contributed by atoms with E-state index in [2.05, 4.69) is 5.32 Å². The van der Waals surface area contributed by atoms with Crippen molar-refractivity contribution in [2.24, 2.45) is 0 Å². The molecule has 1 aliphatic heterocycles. The fourth-order valence-corrected chi connectivity index (χ4v) is 1.53. The van der Waals surface area contributed by atoms with Crippen LogP contribution in [0.3, 0.4) is 0 Å². The summed E-state index contributed by atoms with van der Waals surface area (Å²) in [6.07, 6.45) is 0. The molecule has 0 amide bonds. The number of rotatable bonds is 3. The summed E-state index contributed by atoms with van der Waals surface area (Å²) in [7, 11) is 1.66. The van der Waals surface area contributed by atoms with E-state index in [1.165, 1.54) is 12.1 Å². The maximum Gasteiger partial charge on any atom is 0.197 e. The van der Waals surface area contributed by atoms with Gasteiger partial charge in [0.25, 0.3) is 0 Å². The first kappa shape index (κ1) is 10.9. The zero-order chi connectivity index (χ0) is 11.5. The van der Waals surface area contributed by atoms with E-state index in [1.54, 1.807) is 7.05 Å². The van der Waals surface area contributed by atoms with Gasteiger partial charge in [0.15, 0.2) is 23.1 Å². The Morgan fingerprint density at radius 3 is 2.94 bits per heavy atom. The first-order valence-electron chi connectivity index (χ1n) is 4.99. The molecule has 0 aliphatic carbocycles. The molecule has 86 valence electrons. The van der Waals surface area contributed by atoms with Crippen molar-refractivity contribution in [3.8, 4) is 11.5 Å². The molecule has 0 spiro atoms. The van der Waals surface area contributed by atoms with Crippen molar-refractivity contribution in [2.45, 2.75) is 0 Å². The maximum atomic E-state index is 13.6. The average Bonchev–Trinajstić information content (AvgIpc) is 2.29. The third-order valence-corrected chi connectivity index (χ3v) is 2.26. The molecule has 16 heavy (non-hydrogen) atoms. The van der Waals surface area contributed by atoms with Crippen LogP contribution in [0.2, 0.25) is 0 Å². The lowest BCUT2D eigenvalue weighted by Gasteiger charge is -2.19. The Balaban J connectivity index is 2.35. The molecule has 1 aromatic rings. The number of ketones is 1. The average molecular weight is 225 g/mol. The number of hydrogen-bond acceptors (Lipinski definition) is 4. The summed E-state index contributed by atoms with van der Waals surface area (Å²) in [6.45, 7) is 0.864. The van der Waals surface area contributed by atoms with Crippen molar-refractivity contribution >= 4 is 5.78 Å². The molecule has 1 N–H and O–H groups in total. The fourth-order valence-electron chi connectivity index (χ4n) is 1.53. The molecule has 0 radical (unpaired) electrons. The van der Waals surface area contributed by atoms with Gasteiger partial charge in [-0.15, -0.1) is 0 Å². The van der Waals surface area contributed by atoms with Crippen LogP contribution in [-0.2, 0) is 0 Å². The lowest BCUT2D eigenvalue weighted by Crippen LogP contribution is -2.20. The maximum absolute atomic E-state index is 13.6. The fraction of sp³-hybridized carbons (Fsp3) is 0.364. The highest BCUT2D eigenvalue weighted by Crippen LogP contribution is 2.34. The quantitative estimate of drug-likeness (QED) is 0.779. The molecule has 1 aromatic carbocycles. The zero-order valence-corrected chi connectivity index (χ0v) is 8.88. The molecule has 1 heterocycles. The van der Waals surface area contributed by atoms with E-state index in [0.717, 1.165) is 0 Å². The monoisotopic (exact) mass is 225 g/mol. The molecule has 2 rings (SSSR count). The summed E-state index contributed by atoms with van der Waals surface area (Å²) < 4.78 is 23.9. The van der Waals surface area contributed by atoms with Gasteiger partial charge in [-0.25, -0.2) is 4.39 Å². The number of ether oxygens (including phenoxy) is 2. The zero-order valence-electron chi connectivity index (χ0n) is 8.88. The second-order valence-electron chi connectivity index (χ2n) is 3.44. The smallest absolute Gasteiger partial charge is 0.197 e. The third-order valence-electron chi connectivity index (χ3n) is 2.26.